The van der Waals surface area contributed by atoms with Gasteiger partial charge in [0.25, 0.3) is 10.1 Å². The summed E-state index contributed by atoms with van der Waals surface area (Å²) < 4.78 is 51.4. The Bertz CT molecular complexity index is 337. The molecule has 0 aromatic heterocycles. The summed E-state index contributed by atoms with van der Waals surface area (Å²) in [6, 6.07) is 0. The lowest BCUT2D eigenvalue weighted by molar-refractivity contribution is 0.458. The van der Waals surface area contributed by atoms with E-state index in [-0.39, 0.29) is 24.3 Å². The third-order valence-electron chi connectivity index (χ3n) is 1.92. The van der Waals surface area contributed by atoms with Crippen LogP contribution in [-0.4, -0.2) is 38.1 Å². The predicted molar refractivity (Wildman–Crippen MR) is 43.2 cm³/mol. The molecule has 1 rings (SSSR count). The van der Waals surface area contributed by atoms with Gasteiger partial charge in [-0.15, -0.1) is 0 Å². The van der Waals surface area contributed by atoms with Crippen LogP contribution in [0, 0.1) is 0 Å². The largest absolute Gasteiger partial charge is 0.285 e. The van der Waals surface area contributed by atoms with Gasteiger partial charge in [0, 0.05) is 0 Å². The Balaban J connectivity index is 2.71. The fraction of sp³-hybridized carbons (Fsp3) is 1.00. The van der Waals surface area contributed by atoms with E-state index in [9.17, 15) is 16.8 Å². The first kappa shape index (κ1) is 9.94. The highest BCUT2D eigenvalue weighted by Gasteiger charge is 2.31. The van der Waals surface area contributed by atoms with Crippen LogP contribution >= 0.6 is 0 Å². The van der Waals surface area contributed by atoms with Gasteiger partial charge in [0.15, 0.2) is 0 Å². The Morgan fingerprint density at radius 1 is 1.17 bits per heavy atom. The van der Waals surface area contributed by atoms with Crippen LogP contribution in [0.5, 0.6) is 0 Å². The van der Waals surface area contributed by atoms with E-state index in [4.69, 9.17) is 4.55 Å². The van der Waals surface area contributed by atoms with Gasteiger partial charge in [0.1, 0.15) is 9.84 Å². The van der Waals surface area contributed by atoms with Crippen molar-refractivity contribution in [1.82, 2.24) is 0 Å². The average molecular weight is 214 g/mol. The van der Waals surface area contributed by atoms with Crippen molar-refractivity contribution in [2.24, 2.45) is 0 Å². The van der Waals surface area contributed by atoms with E-state index in [1.807, 2.05) is 0 Å². The van der Waals surface area contributed by atoms with Gasteiger partial charge in [-0.2, -0.15) is 8.42 Å². The van der Waals surface area contributed by atoms with Gasteiger partial charge in [-0.25, -0.2) is 8.42 Å². The van der Waals surface area contributed by atoms with Crippen molar-refractivity contribution in [2.45, 2.75) is 18.1 Å². The Morgan fingerprint density at radius 3 is 1.92 bits per heavy atom. The lowest BCUT2D eigenvalue weighted by Crippen LogP contribution is -2.32. The molecule has 1 fully saturated rings. The first-order valence-corrected chi connectivity index (χ1v) is 6.80. The zero-order chi connectivity index (χ0) is 9.41. The Kier molecular flexibility index (Phi) is 2.46. The number of hydrogen-bond acceptors (Lipinski definition) is 4. The van der Waals surface area contributed by atoms with Gasteiger partial charge < -0.3 is 0 Å². The van der Waals surface area contributed by atoms with Gasteiger partial charge in [-0.05, 0) is 12.8 Å². The minimum atomic E-state index is -4.04. The fourth-order valence-electron chi connectivity index (χ4n) is 1.17. The molecule has 1 aliphatic rings. The third kappa shape index (κ3) is 2.43. The SMILES string of the molecule is O=S1(=O)CCC(S(=O)(=O)O)CC1. The first-order valence-electron chi connectivity index (χ1n) is 3.48. The number of rotatable bonds is 1. The maximum absolute atomic E-state index is 10.8. The van der Waals surface area contributed by atoms with Crippen molar-refractivity contribution >= 4 is 20.0 Å². The third-order valence-corrected chi connectivity index (χ3v) is 4.95. The number of sulfone groups is 1. The predicted octanol–water partition coefficient (Wildman–Crippen LogP) is -0.549. The van der Waals surface area contributed by atoms with Crippen molar-refractivity contribution in [2.75, 3.05) is 11.5 Å². The fourth-order valence-corrected chi connectivity index (χ4v) is 3.79. The molecule has 0 aliphatic carbocycles. The molecule has 0 bridgehead atoms. The molecular formula is C5H10O5S2. The van der Waals surface area contributed by atoms with Gasteiger partial charge >= 0.3 is 0 Å². The highest BCUT2D eigenvalue weighted by molar-refractivity contribution is 7.91. The van der Waals surface area contributed by atoms with Crippen molar-refractivity contribution < 1.29 is 21.4 Å². The van der Waals surface area contributed by atoms with E-state index >= 15 is 0 Å². The van der Waals surface area contributed by atoms with E-state index in [0.29, 0.717) is 0 Å². The molecule has 5 nitrogen and oxygen atoms in total. The van der Waals surface area contributed by atoms with Crippen LogP contribution in [0.4, 0.5) is 0 Å². The zero-order valence-electron chi connectivity index (χ0n) is 6.30. The highest BCUT2D eigenvalue weighted by atomic mass is 32.2. The van der Waals surface area contributed by atoms with Crippen molar-refractivity contribution in [1.29, 1.82) is 0 Å². The van der Waals surface area contributed by atoms with Crippen LogP contribution in [0.2, 0.25) is 0 Å². The molecule has 0 radical (unpaired) electrons. The molecule has 72 valence electrons. The van der Waals surface area contributed by atoms with E-state index in [2.05, 4.69) is 0 Å². The van der Waals surface area contributed by atoms with Gasteiger partial charge in [0.2, 0.25) is 0 Å². The molecule has 7 heteroatoms. The van der Waals surface area contributed by atoms with Crippen LogP contribution in [0.25, 0.3) is 0 Å². The topological polar surface area (TPSA) is 88.5 Å². The molecule has 0 atom stereocenters. The van der Waals surface area contributed by atoms with E-state index in [1.54, 1.807) is 0 Å². The summed E-state index contributed by atoms with van der Waals surface area (Å²) in [5.74, 6) is -0.283. The molecule has 1 aliphatic heterocycles. The lowest BCUT2D eigenvalue weighted by atomic mass is 10.2. The van der Waals surface area contributed by atoms with Gasteiger partial charge in [0.05, 0.1) is 16.8 Å². The molecular weight excluding hydrogens is 204 g/mol. The Hall–Kier alpha value is -0.140. The maximum atomic E-state index is 10.8. The number of hydrogen-bond donors (Lipinski definition) is 1. The molecule has 12 heavy (non-hydrogen) atoms. The van der Waals surface area contributed by atoms with E-state index in [1.165, 1.54) is 0 Å². The van der Waals surface area contributed by atoms with Crippen molar-refractivity contribution in [3.05, 3.63) is 0 Å². The van der Waals surface area contributed by atoms with E-state index in [0.717, 1.165) is 0 Å². The molecule has 0 spiro atoms. The summed E-state index contributed by atoms with van der Waals surface area (Å²) >= 11 is 0. The second-order valence-electron chi connectivity index (χ2n) is 2.87. The van der Waals surface area contributed by atoms with Gasteiger partial charge in [-0.3, -0.25) is 4.55 Å². The summed E-state index contributed by atoms with van der Waals surface area (Å²) in [4.78, 5) is 0. The molecule has 1 N–H and O–H groups in total. The summed E-state index contributed by atoms with van der Waals surface area (Å²) in [5.41, 5.74) is 0. The van der Waals surface area contributed by atoms with Crippen LogP contribution in [0.3, 0.4) is 0 Å². The minimum Gasteiger partial charge on any atom is -0.285 e. The van der Waals surface area contributed by atoms with Crippen molar-refractivity contribution in [3.8, 4) is 0 Å². The Morgan fingerprint density at radius 2 is 1.58 bits per heavy atom. The summed E-state index contributed by atoms with van der Waals surface area (Å²) in [6.07, 6.45) is 0.0301. The molecule has 0 aromatic rings. The van der Waals surface area contributed by atoms with Gasteiger partial charge in [-0.1, -0.05) is 0 Å². The smallest absolute Gasteiger partial charge is 0.267 e. The van der Waals surface area contributed by atoms with Crippen LogP contribution in [0.1, 0.15) is 12.8 Å². The maximum Gasteiger partial charge on any atom is 0.267 e. The van der Waals surface area contributed by atoms with Crippen LogP contribution in [-0.2, 0) is 20.0 Å². The quantitative estimate of drug-likeness (QED) is 0.592. The second kappa shape index (κ2) is 2.97. The molecule has 1 saturated heterocycles. The van der Waals surface area contributed by atoms with E-state index < -0.39 is 25.2 Å². The standard InChI is InChI=1S/C5H10O5S2/c6-11(7)3-1-5(2-4-11)12(8,9)10/h5H,1-4H2,(H,8,9,10). The molecule has 0 aromatic carbocycles. The lowest BCUT2D eigenvalue weighted by Gasteiger charge is -2.18. The molecule has 0 unspecified atom stereocenters. The first-order chi connectivity index (χ1) is 5.31. The minimum absolute atomic E-state index is 0.0150. The molecule has 1 heterocycles. The normalized spacial score (nSPS) is 25.4. The molecule has 0 amide bonds. The van der Waals surface area contributed by atoms with Crippen LogP contribution < -0.4 is 0 Å². The average Bonchev–Trinajstić information content (AvgIpc) is 1.83. The molecule has 0 saturated carbocycles. The summed E-state index contributed by atoms with van der Waals surface area (Å²) in [6.45, 7) is 0. The summed E-state index contributed by atoms with van der Waals surface area (Å²) in [7, 11) is -7.09. The van der Waals surface area contributed by atoms with Crippen molar-refractivity contribution in [3.63, 3.8) is 0 Å². The Labute approximate surface area is 71.4 Å². The monoisotopic (exact) mass is 214 g/mol. The van der Waals surface area contributed by atoms with Crippen LogP contribution in [0.15, 0.2) is 0 Å². The highest BCUT2D eigenvalue weighted by Crippen LogP contribution is 2.17. The second-order valence-corrected chi connectivity index (χ2v) is 6.87. The summed E-state index contributed by atoms with van der Waals surface area (Å²) in [5, 5.41) is -0.888. The zero-order valence-corrected chi connectivity index (χ0v) is 7.94.